The molecule has 0 radical (unpaired) electrons. The number of aromatic nitrogens is 1. The fourth-order valence-electron chi connectivity index (χ4n) is 2.53. The lowest BCUT2D eigenvalue weighted by Gasteiger charge is -2.12. The van der Waals surface area contributed by atoms with Crippen LogP contribution in [0.25, 0.3) is 11.3 Å². The number of hydrogen-bond acceptors (Lipinski definition) is 1. The second-order valence-electron chi connectivity index (χ2n) is 5.74. The highest BCUT2D eigenvalue weighted by molar-refractivity contribution is 5.68. The Morgan fingerprint density at radius 3 is 2.43 bits per heavy atom. The average Bonchev–Trinajstić information content (AvgIpc) is 2.73. The summed E-state index contributed by atoms with van der Waals surface area (Å²) < 4.78 is 15.2. The largest absolute Gasteiger partial charge is 0.318 e. The van der Waals surface area contributed by atoms with Crippen molar-refractivity contribution in [1.82, 2.24) is 9.88 Å². The van der Waals surface area contributed by atoms with Crippen molar-refractivity contribution < 1.29 is 4.39 Å². The number of nitrogens with zero attached hydrogens (tertiary/aromatic N) is 1. The first kappa shape index (κ1) is 15.5. The molecule has 1 N–H and O–H groups in total. The maximum atomic E-state index is 13.1. The maximum absolute atomic E-state index is 13.1. The summed E-state index contributed by atoms with van der Waals surface area (Å²) in [7, 11) is 0. The second-order valence-corrected chi connectivity index (χ2v) is 5.74. The lowest BCUT2D eigenvalue weighted by atomic mass is 10.1. The third kappa shape index (κ3) is 3.42. The van der Waals surface area contributed by atoms with E-state index in [9.17, 15) is 4.39 Å². The van der Waals surface area contributed by atoms with Gasteiger partial charge >= 0.3 is 0 Å². The Labute approximate surface area is 126 Å². The van der Waals surface area contributed by atoms with E-state index in [1.807, 2.05) is 0 Å². The quantitative estimate of drug-likeness (QED) is 0.869. The van der Waals surface area contributed by atoms with Gasteiger partial charge in [0.1, 0.15) is 5.82 Å². The van der Waals surface area contributed by atoms with Crippen LogP contribution in [0.5, 0.6) is 0 Å². The molecule has 0 fully saturated rings. The van der Waals surface area contributed by atoms with Crippen molar-refractivity contribution in [3.8, 4) is 5.69 Å². The Hall–Kier alpha value is -1.87. The molecule has 21 heavy (non-hydrogen) atoms. The molecule has 0 aliphatic rings. The summed E-state index contributed by atoms with van der Waals surface area (Å²) in [6, 6.07) is 9.15. The molecule has 0 saturated carbocycles. The van der Waals surface area contributed by atoms with E-state index in [1.165, 1.54) is 12.1 Å². The molecule has 1 aromatic heterocycles. The fourth-order valence-corrected chi connectivity index (χ4v) is 2.53. The van der Waals surface area contributed by atoms with Crippen molar-refractivity contribution in [2.75, 3.05) is 6.54 Å². The highest BCUT2D eigenvalue weighted by Gasteiger charge is 2.13. The molecule has 0 atom stereocenters. The van der Waals surface area contributed by atoms with Gasteiger partial charge in [-0.05, 0) is 55.3 Å². The fraction of sp³-hybridized carbons (Fsp3) is 0.333. The van der Waals surface area contributed by atoms with E-state index in [2.05, 4.69) is 50.2 Å². The zero-order valence-corrected chi connectivity index (χ0v) is 13.2. The summed E-state index contributed by atoms with van der Waals surface area (Å²) >= 11 is 0. The molecule has 112 valence electrons. The Kier molecular flexibility index (Phi) is 4.63. The zero-order chi connectivity index (χ0) is 15.6. The van der Waals surface area contributed by atoms with Crippen LogP contribution in [0.1, 0.15) is 30.8 Å². The first-order valence-corrected chi connectivity index (χ1v) is 7.26. The topological polar surface area (TPSA) is 17.0 Å². The molecule has 0 bridgehead atoms. The number of benzene rings is 1. The molecule has 0 amide bonds. The molecule has 1 heterocycles. The summed E-state index contributed by atoms with van der Waals surface area (Å²) in [5.74, 6) is -0.216. The van der Waals surface area contributed by atoms with Crippen LogP contribution in [0.4, 0.5) is 4.39 Å². The van der Waals surface area contributed by atoms with Crippen molar-refractivity contribution in [2.45, 2.75) is 33.7 Å². The molecule has 0 aliphatic heterocycles. The van der Waals surface area contributed by atoms with Crippen molar-refractivity contribution in [3.63, 3.8) is 0 Å². The Bertz CT molecular complexity index is 636. The van der Waals surface area contributed by atoms with Crippen molar-refractivity contribution in [1.29, 1.82) is 0 Å². The van der Waals surface area contributed by atoms with Crippen LogP contribution in [0.2, 0.25) is 0 Å². The van der Waals surface area contributed by atoms with Gasteiger partial charge in [-0.2, -0.15) is 0 Å². The molecule has 3 heteroatoms. The van der Waals surface area contributed by atoms with E-state index in [4.69, 9.17) is 0 Å². The molecular weight excluding hydrogens is 263 g/mol. The average molecular weight is 286 g/mol. The predicted octanol–water partition coefficient (Wildman–Crippen LogP) is 4.24. The van der Waals surface area contributed by atoms with Crippen LogP contribution in [0, 0.1) is 19.7 Å². The predicted molar refractivity (Wildman–Crippen MR) is 87.4 cm³/mol. The third-order valence-electron chi connectivity index (χ3n) is 3.62. The molecule has 0 saturated heterocycles. The van der Waals surface area contributed by atoms with E-state index in [0.29, 0.717) is 6.04 Å². The van der Waals surface area contributed by atoms with E-state index in [0.717, 1.165) is 34.8 Å². The summed E-state index contributed by atoms with van der Waals surface area (Å²) in [5, 5.41) is 3.39. The van der Waals surface area contributed by atoms with E-state index >= 15 is 0 Å². The number of hydrogen-bond donors (Lipinski definition) is 1. The minimum absolute atomic E-state index is 0.216. The van der Waals surface area contributed by atoms with Gasteiger partial charge in [0.2, 0.25) is 0 Å². The Morgan fingerprint density at radius 2 is 1.86 bits per heavy atom. The molecular formula is C18H23FN2. The van der Waals surface area contributed by atoms with Gasteiger partial charge in [0, 0.05) is 29.7 Å². The summed E-state index contributed by atoms with van der Waals surface area (Å²) in [6.07, 6.45) is 0. The Morgan fingerprint density at radius 1 is 1.24 bits per heavy atom. The third-order valence-corrected chi connectivity index (χ3v) is 3.62. The number of halogens is 1. The van der Waals surface area contributed by atoms with Crippen molar-refractivity contribution in [2.24, 2.45) is 0 Å². The van der Waals surface area contributed by atoms with Gasteiger partial charge in [-0.3, -0.25) is 0 Å². The normalized spacial score (nSPS) is 11.1. The number of rotatable bonds is 5. The minimum Gasteiger partial charge on any atom is -0.318 e. The highest BCUT2D eigenvalue weighted by Crippen LogP contribution is 2.25. The van der Waals surface area contributed by atoms with Crippen LogP contribution in [-0.4, -0.2) is 17.2 Å². The lowest BCUT2D eigenvalue weighted by Crippen LogP contribution is -2.24. The monoisotopic (exact) mass is 286 g/mol. The van der Waals surface area contributed by atoms with Crippen LogP contribution in [0.15, 0.2) is 36.9 Å². The smallest absolute Gasteiger partial charge is 0.123 e. The first-order chi connectivity index (χ1) is 9.90. The summed E-state index contributed by atoms with van der Waals surface area (Å²) in [5.41, 5.74) is 5.46. The van der Waals surface area contributed by atoms with Crippen LogP contribution in [-0.2, 0) is 0 Å². The SMILES string of the molecule is C=C(CNC(C)C)c1cc(C)n(-c2ccc(F)cc2)c1C. The molecule has 1 aromatic carbocycles. The van der Waals surface area contributed by atoms with Gasteiger partial charge in [0.25, 0.3) is 0 Å². The van der Waals surface area contributed by atoms with E-state index in [-0.39, 0.29) is 5.82 Å². The zero-order valence-electron chi connectivity index (χ0n) is 13.2. The van der Waals surface area contributed by atoms with Gasteiger partial charge in [0.05, 0.1) is 0 Å². The molecule has 2 rings (SSSR count). The van der Waals surface area contributed by atoms with Gasteiger partial charge in [-0.1, -0.05) is 20.4 Å². The van der Waals surface area contributed by atoms with Crippen LogP contribution >= 0.6 is 0 Å². The minimum atomic E-state index is -0.216. The van der Waals surface area contributed by atoms with Gasteiger partial charge in [-0.15, -0.1) is 0 Å². The van der Waals surface area contributed by atoms with Crippen LogP contribution in [0.3, 0.4) is 0 Å². The first-order valence-electron chi connectivity index (χ1n) is 7.26. The van der Waals surface area contributed by atoms with Gasteiger partial charge in [-0.25, -0.2) is 4.39 Å². The summed E-state index contributed by atoms with van der Waals surface area (Å²) in [4.78, 5) is 0. The van der Waals surface area contributed by atoms with Gasteiger partial charge in [0.15, 0.2) is 0 Å². The molecule has 0 spiro atoms. The lowest BCUT2D eigenvalue weighted by molar-refractivity contribution is 0.627. The van der Waals surface area contributed by atoms with Crippen molar-refractivity contribution in [3.05, 3.63) is 59.7 Å². The van der Waals surface area contributed by atoms with Crippen molar-refractivity contribution >= 4 is 5.57 Å². The Balaban J connectivity index is 2.33. The maximum Gasteiger partial charge on any atom is 0.123 e. The molecule has 2 aromatic rings. The second kappa shape index (κ2) is 6.27. The van der Waals surface area contributed by atoms with Crippen LogP contribution < -0.4 is 5.32 Å². The van der Waals surface area contributed by atoms with E-state index in [1.54, 1.807) is 12.1 Å². The molecule has 0 aliphatic carbocycles. The highest BCUT2D eigenvalue weighted by atomic mass is 19.1. The standard InChI is InChI=1S/C18H23FN2/c1-12(2)20-11-13(3)18-10-14(4)21(15(18)5)17-8-6-16(19)7-9-17/h6-10,12,20H,3,11H2,1-2,4-5H3. The number of aryl methyl sites for hydroxylation is 1. The molecule has 0 unspecified atom stereocenters. The summed E-state index contributed by atoms with van der Waals surface area (Å²) in [6.45, 7) is 13.3. The molecule has 2 nitrogen and oxygen atoms in total. The number of nitrogens with one attached hydrogen (secondary N) is 1. The van der Waals surface area contributed by atoms with Gasteiger partial charge < -0.3 is 9.88 Å². The van der Waals surface area contributed by atoms with E-state index < -0.39 is 0 Å².